The van der Waals surface area contributed by atoms with Crippen LogP contribution >= 0.6 is 39.9 Å². The van der Waals surface area contributed by atoms with Gasteiger partial charge in [-0.25, -0.2) is 8.42 Å². The summed E-state index contributed by atoms with van der Waals surface area (Å²) >= 11 is 9.29. The summed E-state index contributed by atoms with van der Waals surface area (Å²) in [6.45, 7) is 1.19. The summed E-state index contributed by atoms with van der Waals surface area (Å²) in [6.07, 6.45) is -0.269. The molecule has 114 valence electrons. The van der Waals surface area contributed by atoms with Crippen molar-refractivity contribution in [2.45, 2.75) is 11.0 Å². The largest absolute Gasteiger partial charge is 0.374 e. The number of morpholine rings is 1. The molecule has 5 nitrogen and oxygen atoms in total. The average molecular weight is 406 g/mol. The summed E-state index contributed by atoms with van der Waals surface area (Å²) in [5.41, 5.74) is 5.52. The number of halogens is 3. The van der Waals surface area contributed by atoms with Crippen LogP contribution in [0, 0.1) is 0 Å². The maximum atomic E-state index is 12.5. The molecule has 0 aromatic heterocycles. The van der Waals surface area contributed by atoms with Gasteiger partial charge in [-0.2, -0.15) is 4.31 Å². The van der Waals surface area contributed by atoms with Crippen LogP contribution in [0.15, 0.2) is 27.6 Å². The van der Waals surface area contributed by atoms with Crippen LogP contribution in [0.4, 0.5) is 0 Å². The highest BCUT2D eigenvalue weighted by Crippen LogP contribution is 2.31. The van der Waals surface area contributed by atoms with Crippen LogP contribution in [-0.4, -0.2) is 45.1 Å². The third-order valence-corrected chi connectivity index (χ3v) is 6.21. The van der Waals surface area contributed by atoms with Gasteiger partial charge in [-0.1, -0.05) is 17.7 Å². The van der Waals surface area contributed by atoms with Crippen LogP contribution < -0.4 is 5.73 Å². The topological polar surface area (TPSA) is 72.6 Å². The third-order valence-electron chi connectivity index (χ3n) is 2.90. The van der Waals surface area contributed by atoms with Crippen molar-refractivity contribution in [3.63, 3.8) is 0 Å². The molecule has 1 aliphatic rings. The van der Waals surface area contributed by atoms with Crippen LogP contribution in [0.3, 0.4) is 0 Å². The molecule has 0 amide bonds. The van der Waals surface area contributed by atoms with E-state index in [9.17, 15) is 8.42 Å². The second-order valence-corrected chi connectivity index (χ2v) is 7.28. The van der Waals surface area contributed by atoms with Gasteiger partial charge in [0.25, 0.3) is 0 Å². The fourth-order valence-electron chi connectivity index (χ4n) is 1.88. The molecule has 0 saturated carbocycles. The number of benzene rings is 1. The molecule has 0 radical (unpaired) electrons. The van der Waals surface area contributed by atoms with Crippen LogP contribution in [0.2, 0.25) is 5.02 Å². The first kappa shape index (κ1) is 18.2. The molecule has 1 unspecified atom stereocenters. The fraction of sp³-hybridized carbons (Fsp3) is 0.455. The first-order valence-electron chi connectivity index (χ1n) is 5.72. The Labute approximate surface area is 138 Å². The monoisotopic (exact) mass is 404 g/mol. The Morgan fingerprint density at radius 1 is 1.50 bits per heavy atom. The number of hydrogen-bond acceptors (Lipinski definition) is 4. The van der Waals surface area contributed by atoms with E-state index in [1.807, 2.05) is 0 Å². The highest BCUT2D eigenvalue weighted by atomic mass is 79.9. The highest BCUT2D eigenvalue weighted by Gasteiger charge is 2.31. The van der Waals surface area contributed by atoms with E-state index >= 15 is 0 Å². The fourth-order valence-corrected chi connectivity index (χ4v) is 4.33. The number of hydrogen-bond donors (Lipinski definition) is 1. The van der Waals surface area contributed by atoms with E-state index < -0.39 is 10.0 Å². The maximum absolute atomic E-state index is 12.5. The van der Waals surface area contributed by atoms with E-state index in [1.54, 1.807) is 12.1 Å². The molecular weight excluding hydrogens is 391 g/mol. The molecular formula is C11H15BrCl2N2O3S. The normalized spacial score (nSPS) is 20.4. The maximum Gasteiger partial charge on any atom is 0.244 e. The minimum absolute atomic E-state index is 0. The molecule has 1 atom stereocenters. The molecule has 9 heteroatoms. The van der Waals surface area contributed by atoms with Gasteiger partial charge < -0.3 is 10.5 Å². The number of nitrogens with zero attached hydrogens (tertiary/aromatic N) is 1. The minimum Gasteiger partial charge on any atom is -0.374 e. The molecule has 1 saturated heterocycles. The van der Waals surface area contributed by atoms with Crippen molar-refractivity contribution in [3.05, 3.63) is 27.7 Å². The zero-order chi connectivity index (χ0) is 14.0. The highest BCUT2D eigenvalue weighted by molar-refractivity contribution is 9.10. The van der Waals surface area contributed by atoms with Crippen molar-refractivity contribution in [2.75, 3.05) is 26.2 Å². The van der Waals surface area contributed by atoms with E-state index in [1.165, 1.54) is 10.4 Å². The summed E-state index contributed by atoms with van der Waals surface area (Å²) in [4.78, 5) is 0.0983. The molecule has 1 aliphatic heterocycles. The summed E-state index contributed by atoms with van der Waals surface area (Å²) < 4.78 is 32.4. The zero-order valence-corrected chi connectivity index (χ0v) is 14.4. The number of nitrogens with two attached hydrogens (primary N) is 1. The van der Waals surface area contributed by atoms with Crippen LogP contribution in [-0.2, 0) is 14.8 Å². The van der Waals surface area contributed by atoms with E-state index in [4.69, 9.17) is 22.1 Å². The molecule has 1 heterocycles. The van der Waals surface area contributed by atoms with Crippen molar-refractivity contribution in [2.24, 2.45) is 5.73 Å². The predicted octanol–water partition coefficient (Wildman–Crippen LogP) is 1.87. The average Bonchev–Trinajstić information content (AvgIpc) is 2.41. The predicted molar refractivity (Wildman–Crippen MR) is 84.0 cm³/mol. The van der Waals surface area contributed by atoms with E-state index in [-0.39, 0.29) is 41.5 Å². The van der Waals surface area contributed by atoms with E-state index in [2.05, 4.69) is 15.9 Å². The van der Waals surface area contributed by atoms with Gasteiger partial charge in [0.05, 0.1) is 17.7 Å². The first-order chi connectivity index (χ1) is 8.96. The second-order valence-electron chi connectivity index (χ2n) is 4.14. The van der Waals surface area contributed by atoms with Gasteiger partial charge in [0.15, 0.2) is 0 Å². The summed E-state index contributed by atoms with van der Waals surface area (Å²) in [5, 5.41) is 0.193. The number of ether oxygens (including phenoxy) is 1. The summed E-state index contributed by atoms with van der Waals surface area (Å²) in [7, 11) is -3.62. The van der Waals surface area contributed by atoms with Crippen molar-refractivity contribution < 1.29 is 13.2 Å². The SMILES string of the molecule is Cl.NCC1CN(S(=O)(=O)c2cccc(Br)c2Cl)CCO1. The Morgan fingerprint density at radius 3 is 2.85 bits per heavy atom. The number of rotatable bonds is 3. The second kappa shape index (κ2) is 7.40. The molecule has 1 fully saturated rings. The van der Waals surface area contributed by atoms with Gasteiger partial charge in [0, 0.05) is 24.1 Å². The Bertz CT molecular complexity index is 571. The lowest BCUT2D eigenvalue weighted by Crippen LogP contribution is -2.48. The van der Waals surface area contributed by atoms with Gasteiger partial charge in [0.2, 0.25) is 10.0 Å². The van der Waals surface area contributed by atoms with Crippen LogP contribution in [0.5, 0.6) is 0 Å². The number of sulfonamides is 1. The lowest BCUT2D eigenvalue weighted by molar-refractivity contribution is 0.00451. The first-order valence-corrected chi connectivity index (χ1v) is 8.33. The van der Waals surface area contributed by atoms with Gasteiger partial charge in [-0.3, -0.25) is 0 Å². The molecule has 1 aromatic rings. The minimum atomic E-state index is -3.62. The third kappa shape index (κ3) is 3.65. The molecule has 0 bridgehead atoms. The lowest BCUT2D eigenvalue weighted by atomic mass is 10.3. The van der Waals surface area contributed by atoms with E-state index in [0.717, 1.165) is 0 Å². The molecule has 20 heavy (non-hydrogen) atoms. The zero-order valence-electron chi connectivity index (χ0n) is 10.5. The van der Waals surface area contributed by atoms with Gasteiger partial charge in [-0.15, -0.1) is 12.4 Å². The molecule has 0 aliphatic carbocycles. The van der Waals surface area contributed by atoms with Crippen molar-refractivity contribution in [1.82, 2.24) is 4.31 Å². The Morgan fingerprint density at radius 2 is 2.20 bits per heavy atom. The van der Waals surface area contributed by atoms with Crippen molar-refractivity contribution in [1.29, 1.82) is 0 Å². The van der Waals surface area contributed by atoms with Crippen molar-refractivity contribution in [3.8, 4) is 0 Å². The Balaban J connectivity index is 0.00000200. The van der Waals surface area contributed by atoms with Crippen molar-refractivity contribution >= 4 is 50.0 Å². The van der Waals surface area contributed by atoms with Gasteiger partial charge >= 0.3 is 0 Å². The lowest BCUT2D eigenvalue weighted by Gasteiger charge is -2.31. The quantitative estimate of drug-likeness (QED) is 0.832. The Kier molecular flexibility index (Phi) is 6.72. The van der Waals surface area contributed by atoms with E-state index in [0.29, 0.717) is 17.6 Å². The molecule has 2 rings (SSSR count). The van der Waals surface area contributed by atoms with Gasteiger partial charge in [-0.05, 0) is 28.1 Å². The standard InChI is InChI=1S/C11H14BrClN2O3S.ClH/c12-9-2-1-3-10(11(9)13)19(16,17)15-4-5-18-8(6-14)7-15;/h1-3,8H,4-7,14H2;1H. The molecule has 0 spiro atoms. The smallest absolute Gasteiger partial charge is 0.244 e. The van der Waals surface area contributed by atoms with Crippen LogP contribution in [0.1, 0.15) is 0 Å². The molecule has 1 aromatic carbocycles. The summed E-state index contributed by atoms with van der Waals surface area (Å²) in [6, 6.07) is 4.84. The van der Waals surface area contributed by atoms with Crippen LogP contribution in [0.25, 0.3) is 0 Å². The summed E-state index contributed by atoms with van der Waals surface area (Å²) in [5.74, 6) is 0. The molecule has 2 N–H and O–H groups in total. The Hall–Kier alpha value is 0.110. The van der Waals surface area contributed by atoms with Gasteiger partial charge in [0.1, 0.15) is 4.90 Å².